The van der Waals surface area contributed by atoms with Gasteiger partial charge in [-0.3, -0.25) is 4.79 Å². The normalized spacial score (nSPS) is 12.8. The summed E-state index contributed by atoms with van der Waals surface area (Å²) in [7, 11) is -3.77. The van der Waals surface area contributed by atoms with E-state index in [2.05, 4.69) is 5.32 Å². The number of carbonyl (C=O) groups is 1. The number of nitrogens with one attached hydrogen (secondary N) is 1. The van der Waals surface area contributed by atoms with Gasteiger partial charge in [-0.25, -0.2) is 12.8 Å². The van der Waals surface area contributed by atoms with Crippen molar-refractivity contribution in [2.75, 3.05) is 19.6 Å². The molecule has 28 heavy (non-hydrogen) atoms. The molecule has 0 aromatic heterocycles. The smallest absolute Gasteiger partial charge is 0.254 e. The van der Waals surface area contributed by atoms with Crippen LogP contribution in [0.1, 0.15) is 49.0 Å². The van der Waals surface area contributed by atoms with Crippen LogP contribution in [0.5, 0.6) is 0 Å². The molecule has 0 spiro atoms. The largest absolute Gasteiger partial charge is 0.351 e. The first-order valence-corrected chi connectivity index (χ1v) is 10.9. The highest BCUT2D eigenvalue weighted by atomic mass is 32.2. The molecule has 152 valence electrons. The molecule has 1 amide bonds. The van der Waals surface area contributed by atoms with Crippen LogP contribution in [0.2, 0.25) is 0 Å². The van der Waals surface area contributed by atoms with Crippen molar-refractivity contribution in [3.05, 3.63) is 65.5 Å². The van der Waals surface area contributed by atoms with Crippen LogP contribution in [0.25, 0.3) is 0 Å². The van der Waals surface area contributed by atoms with Gasteiger partial charge in [-0.05, 0) is 30.2 Å². The second-order valence-corrected chi connectivity index (χ2v) is 8.39. The predicted molar refractivity (Wildman–Crippen MR) is 108 cm³/mol. The molecule has 0 radical (unpaired) electrons. The molecule has 0 saturated heterocycles. The summed E-state index contributed by atoms with van der Waals surface area (Å²) in [5.74, 6) is -1.27. The summed E-state index contributed by atoms with van der Waals surface area (Å²) < 4.78 is 40.8. The molecule has 0 fully saturated rings. The highest BCUT2D eigenvalue weighted by Crippen LogP contribution is 2.21. The number of halogens is 1. The maximum absolute atomic E-state index is 14.2. The summed E-state index contributed by atoms with van der Waals surface area (Å²) in [4.78, 5) is 12.5. The standard InChI is InChI=1S/C21H27FN2O3S/c1-4-16(17-10-8-7-9-11-17)15-23-21(25)19-14-18(12-13-20(19)22)28(26,27)24(5-2)6-3/h7-14,16H,4-6,15H2,1-3H3,(H,23,25). The Morgan fingerprint density at radius 3 is 2.29 bits per heavy atom. The zero-order valence-corrected chi connectivity index (χ0v) is 17.3. The van der Waals surface area contributed by atoms with E-state index in [4.69, 9.17) is 0 Å². The molecule has 5 nitrogen and oxygen atoms in total. The van der Waals surface area contributed by atoms with Crippen LogP contribution >= 0.6 is 0 Å². The van der Waals surface area contributed by atoms with Crippen LogP contribution in [0.3, 0.4) is 0 Å². The monoisotopic (exact) mass is 406 g/mol. The van der Waals surface area contributed by atoms with Gasteiger partial charge in [-0.2, -0.15) is 4.31 Å². The zero-order chi connectivity index (χ0) is 20.7. The van der Waals surface area contributed by atoms with Crippen molar-refractivity contribution < 1.29 is 17.6 Å². The molecule has 7 heteroatoms. The second-order valence-electron chi connectivity index (χ2n) is 6.46. The topological polar surface area (TPSA) is 66.5 Å². The molecule has 1 atom stereocenters. The van der Waals surface area contributed by atoms with E-state index >= 15 is 0 Å². The average molecular weight is 407 g/mol. The van der Waals surface area contributed by atoms with Gasteiger partial charge in [-0.1, -0.05) is 51.1 Å². The van der Waals surface area contributed by atoms with Crippen molar-refractivity contribution in [1.82, 2.24) is 9.62 Å². The molecule has 0 heterocycles. The third-order valence-electron chi connectivity index (χ3n) is 4.80. The highest BCUT2D eigenvalue weighted by molar-refractivity contribution is 7.89. The molecule has 1 unspecified atom stereocenters. The van der Waals surface area contributed by atoms with Crippen molar-refractivity contribution in [1.29, 1.82) is 0 Å². The first kappa shape index (κ1) is 22.0. The van der Waals surface area contributed by atoms with Crippen molar-refractivity contribution in [3.63, 3.8) is 0 Å². The third kappa shape index (κ3) is 4.97. The third-order valence-corrected chi connectivity index (χ3v) is 6.84. The molecule has 1 N–H and O–H groups in total. The molecule has 0 bridgehead atoms. The van der Waals surface area contributed by atoms with Gasteiger partial charge in [0.2, 0.25) is 10.0 Å². The van der Waals surface area contributed by atoms with Gasteiger partial charge in [0.15, 0.2) is 0 Å². The van der Waals surface area contributed by atoms with Gasteiger partial charge < -0.3 is 5.32 Å². The molecule has 2 rings (SSSR count). The van der Waals surface area contributed by atoms with Crippen molar-refractivity contribution in [3.8, 4) is 0 Å². The molecule has 2 aromatic rings. The van der Waals surface area contributed by atoms with Crippen LogP contribution in [0.4, 0.5) is 4.39 Å². The quantitative estimate of drug-likeness (QED) is 0.689. The van der Waals surface area contributed by atoms with E-state index in [1.165, 1.54) is 10.4 Å². The maximum atomic E-state index is 14.2. The van der Waals surface area contributed by atoms with Gasteiger partial charge in [0, 0.05) is 25.6 Å². The van der Waals surface area contributed by atoms with E-state index in [0.29, 0.717) is 19.6 Å². The minimum Gasteiger partial charge on any atom is -0.351 e. The first-order valence-electron chi connectivity index (χ1n) is 9.47. The number of hydrogen-bond acceptors (Lipinski definition) is 3. The SMILES string of the molecule is CCC(CNC(=O)c1cc(S(=O)(=O)N(CC)CC)ccc1F)c1ccccc1. The molecular formula is C21H27FN2O3S. The fraction of sp³-hybridized carbons (Fsp3) is 0.381. The number of benzene rings is 2. The number of sulfonamides is 1. The van der Waals surface area contributed by atoms with E-state index in [1.807, 2.05) is 37.3 Å². The lowest BCUT2D eigenvalue weighted by atomic mass is 9.96. The van der Waals surface area contributed by atoms with Crippen LogP contribution in [0, 0.1) is 5.82 Å². The van der Waals surface area contributed by atoms with E-state index in [-0.39, 0.29) is 16.4 Å². The summed E-state index contributed by atoms with van der Waals surface area (Å²) in [5, 5.41) is 2.74. The number of rotatable bonds is 9. The zero-order valence-electron chi connectivity index (χ0n) is 16.5. The van der Waals surface area contributed by atoms with E-state index < -0.39 is 21.7 Å². The number of amides is 1. The summed E-state index contributed by atoms with van der Waals surface area (Å²) in [6.07, 6.45) is 0.809. The molecule has 0 aliphatic carbocycles. The Morgan fingerprint density at radius 1 is 1.07 bits per heavy atom. The number of carbonyl (C=O) groups excluding carboxylic acids is 1. The predicted octanol–water partition coefficient (Wildman–Crippen LogP) is 3.78. The lowest BCUT2D eigenvalue weighted by molar-refractivity contribution is 0.0946. The Labute approximate surface area is 166 Å². The first-order chi connectivity index (χ1) is 13.3. The fourth-order valence-corrected chi connectivity index (χ4v) is 4.57. The Morgan fingerprint density at radius 2 is 1.71 bits per heavy atom. The molecule has 0 aliphatic heterocycles. The highest BCUT2D eigenvalue weighted by Gasteiger charge is 2.24. The Hall–Kier alpha value is -2.25. The van der Waals surface area contributed by atoms with Gasteiger partial charge in [0.05, 0.1) is 10.5 Å². The van der Waals surface area contributed by atoms with E-state index in [9.17, 15) is 17.6 Å². The van der Waals surface area contributed by atoms with Gasteiger partial charge in [-0.15, -0.1) is 0 Å². The maximum Gasteiger partial charge on any atom is 0.254 e. The van der Waals surface area contributed by atoms with Gasteiger partial charge in [0.25, 0.3) is 5.91 Å². The average Bonchev–Trinajstić information content (AvgIpc) is 2.70. The fourth-order valence-electron chi connectivity index (χ4n) is 3.09. The van der Waals surface area contributed by atoms with Gasteiger partial charge in [0.1, 0.15) is 5.82 Å². The minimum absolute atomic E-state index is 0.0853. The van der Waals surface area contributed by atoms with Gasteiger partial charge >= 0.3 is 0 Å². The van der Waals surface area contributed by atoms with Crippen molar-refractivity contribution >= 4 is 15.9 Å². The molecule has 0 aliphatic rings. The van der Waals surface area contributed by atoms with Crippen LogP contribution < -0.4 is 5.32 Å². The minimum atomic E-state index is -3.77. The van der Waals surface area contributed by atoms with E-state index in [1.54, 1.807) is 13.8 Å². The van der Waals surface area contributed by atoms with Crippen molar-refractivity contribution in [2.45, 2.75) is 38.0 Å². The Bertz CT molecular complexity index is 897. The number of nitrogens with zero attached hydrogens (tertiary/aromatic N) is 1. The van der Waals surface area contributed by atoms with Crippen LogP contribution in [-0.2, 0) is 10.0 Å². The molecule has 2 aromatic carbocycles. The molecule has 0 saturated carbocycles. The van der Waals surface area contributed by atoms with Crippen LogP contribution in [-0.4, -0.2) is 38.3 Å². The Kier molecular flexibility index (Phi) is 7.71. The lowest BCUT2D eigenvalue weighted by Crippen LogP contribution is -2.32. The number of hydrogen-bond donors (Lipinski definition) is 1. The summed E-state index contributed by atoms with van der Waals surface area (Å²) in [6, 6.07) is 13.1. The van der Waals surface area contributed by atoms with Crippen LogP contribution in [0.15, 0.2) is 53.4 Å². The summed E-state index contributed by atoms with van der Waals surface area (Å²) >= 11 is 0. The van der Waals surface area contributed by atoms with E-state index in [0.717, 1.165) is 24.1 Å². The van der Waals surface area contributed by atoms with Crippen molar-refractivity contribution in [2.24, 2.45) is 0 Å². The molecular weight excluding hydrogens is 379 g/mol. The lowest BCUT2D eigenvalue weighted by Gasteiger charge is -2.19. The summed E-state index contributed by atoms with van der Waals surface area (Å²) in [6.45, 7) is 6.41. The summed E-state index contributed by atoms with van der Waals surface area (Å²) in [5.41, 5.74) is 0.819. The second kappa shape index (κ2) is 9.80. The Balaban J connectivity index is 2.21.